The third kappa shape index (κ3) is 4.52. The van der Waals surface area contributed by atoms with Gasteiger partial charge in [-0.05, 0) is 36.5 Å². The van der Waals surface area contributed by atoms with E-state index in [2.05, 4.69) is 18.6 Å². The Morgan fingerprint density at radius 2 is 1.86 bits per heavy atom. The van der Waals surface area contributed by atoms with E-state index in [9.17, 15) is 16.8 Å². The number of rotatable bonds is 5. The van der Waals surface area contributed by atoms with Crippen LogP contribution >= 0.6 is 0 Å². The summed E-state index contributed by atoms with van der Waals surface area (Å²) >= 11 is 0. The van der Waals surface area contributed by atoms with Crippen LogP contribution in [0.4, 0.5) is 0 Å². The summed E-state index contributed by atoms with van der Waals surface area (Å²) in [5, 5.41) is 0. The maximum absolute atomic E-state index is 12.2. The highest BCUT2D eigenvalue weighted by molar-refractivity contribution is 7.92. The molecule has 2 rings (SSSR count). The van der Waals surface area contributed by atoms with Gasteiger partial charge < -0.3 is 0 Å². The van der Waals surface area contributed by atoms with Gasteiger partial charge in [0.25, 0.3) is 0 Å². The van der Waals surface area contributed by atoms with Crippen LogP contribution in [0, 0.1) is 5.92 Å². The van der Waals surface area contributed by atoms with E-state index in [0.29, 0.717) is 12.3 Å². The molecule has 1 aromatic rings. The van der Waals surface area contributed by atoms with E-state index in [1.807, 2.05) is 0 Å². The van der Waals surface area contributed by atoms with Gasteiger partial charge in [0, 0.05) is 6.04 Å². The first-order valence-electron chi connectivity index (χ1n) is 7.00. The van der Waals surface area contributed by atoms with Crippen molar-refractivity contribution in [3.05, 3.63) is 29.8 Å². The van der Waals surface area contributed by atoms with Crippen LogP contribution in [0.5, 0.6) is 0 Å². The molecule has 0 saturated carbocycles. The van der Waals surface area contributed by atoms with Crippen molar-refractivity contribution in [2.45, 2.75) is 37.6 Å². The monoisotopic (exact) mass is 331 g/mol. The Bertz CT molecular complexity index is 691. The van der Waals surface area contributed by atoms with Crippen molar-refractivity contribution in [3.63, 3.8) is 0 Å². The molecule has 0 aliphatic carbocycles. The highest BCUT2D eigenvalue weighted by atomic mass is 32.2. The van der Waals surface area contributed by atoms with Crippen LogP contribution in [0.15, 0.2) is 29.2 Å². The fourth-order valence-corrected chi connectivity index (χ4v) is 5.50. The minimum absolute atomic E-state index is 0.0491. The van der Waals surface area contributed by atoms with Crippen molar-refractivity contribution in [1.29, 1.82) is 0 Å². The van der Waals surface area contributed by atoms with Gasteiger partial charge in [0.15, 0.2) is 9.84 Å². The summed E-state index contributed by atoms with van der Waals surface area (Å²) < 4.78 is 49.7. The van der Waals surface area contributed by atoms with E-state index in [0.717, 1.165) is 12.0 Å². The molecule has 1 N–H and O–H groups in total. The van der Waals surface area contributed by atoms with Crippen molar-refractivity contribution in [2.75, 3.05) is 11.5 Å². The van der Waals surface area contributed by atoms with Crippen LogP contribution in [0.25, 0.3) is 0 Å². The van der Waals surface area contributed by atoms with Gasteiger partial charge >= 0.3 is 0 Å². The lowest BCUT2D eigenvalue weighted by atomic mass is 10.0. The number of hydrogen-bond acceptors (Lipinski definition) is 4. The van der Waals surface area contributed by atoms with Crippen LogP contribution in [0.1, 0.15) is 25.8 Å². The second kappa shape index (κ2) is 6.06. The normalized spacial score (nSPS) is 21.8. The predicted molar refractivity (Wildman–Crippen MR) is 82.4 cm³/mol. The predicted octanol–water partition coefficient (Wildman–Crippen LogP) is 1.35. The summed E-state index contributed by atoms with van der Waals surface area (Å²) in [4.78, 5) is 0.180. The van der Waals surface area contributed by atoms with E-state index in [-0.39, 0.29) is 16.4 Å². The molecule has 21 heavy (non-hydrogen) atoms. The Morgan fingerprint density at radius 3 is 2.33 bits per heavy atom. The van der Waals surface area contributed by atoms with Crippen LogP contribution in [-0.2, 0) is 26.3 Å². The van der Waals surface area contributed by atoms with Crippen molar-refractivity contribution >= 4 is 19.9 Å². The number of sulfone groups is 1. The molecule has 1 atom stereocenters. The zero-order chi connectivity index (χ0) is 15.7. The van der Waals surface area contributed by atoms with E-state index in [1.54, 1.807) is 24.3 Å². The van der Waals surface area contributed by atoms with Gasteiger partial charge in [-0.1, -0.05) is 26.0 Å². The number of nitrogens with one attached hydrogen (secondary N) is 1. The Kier molecular flexibility index (Phi) is 4.75. The van der Waals surface area contributed by atoms with Gasteiger partial charge in [-0.25, -0.2) is 21.6 Å². The van der Waals surface area contributed by atoms with Gasteiger partial charge in [0.1, 0.15) is 0 Å². The molecule has 1 saturated heterocycles. The SMILES string of the molecule is CC(C)Cc1ccc(S(=O)(=O)NC2CCS(=O)(=O)C2)cc1. The number of hydrogen-bond donors (Lipinski definition) is 1. The topological polar surface area (TPSA) is 80.3 Å². The quantitative estimate of drug-likeness (QED) is 0.883. The van der Waals surface area contributed by atoms with E-state index >= 15 is 0 Å². The van der Waals surface area contributed by atoms with Gasteiger partial charge in [-0.15, -0.1) is 0 Å². The molecule has 1 fully saturated rings. The fourth-order valence-electron chi connectivity index (χ4n) is 2.45. The summed E-state index contributed by atoms with van der Waals surface area (Å²) in [5.41, 5.74) is 1.09. The molecule has 0 aromatic heterocycles. The van der Waals surface area contributed by atoms with Crippen molar-refractivity contribution < 1.29 is 16.8 Å². The molecule has 1 aliphatic rings. The van der Waals surface area contributed by atoms with E-state index in [1.165, 1.54) is 0 Å². The molecular weight excluding hydrogens is 310 g/mol. The molecule has 0 bridgehead atoms. The lowest BCUT2D eigenvalue weighted by Gasteiger charge is -2.12. The summed E-state index contributed by atoms with van der Waals surface area (Å²) in [6.07, 6.45) is 1.24. The Hall–Kier alpha value is -0.920. The first-order valence-corrected chi connectivity index (χ1v) is 10.3. The molecule has 1 aliphatic heterocycles. The second-order valence-electron chi connectivity index (χ2n) is 5.96. The molecule has 1 heterocycles. The Labute approximate surface area is 126 Å². The van der Waals surface area contributed by atoms with Crippen LogP contribution in [0.2, 0.25) is 0 Å². The van der Waals surface area contributed by atoms with Crippen LogP contribution < -0.4 is 4.72 Å². The highest BCUT2D eigenvalue weighted by Crippen LogP contribution is 2.17. The molecule has 5 nitrogen and oxygen atoms in total. The molecule has 1 aromatic carbocycles. The van der Waals surface area contributed by atoms with Crippen molar-refractivity contribution in [2.24, 2.45) is 5.92 Å². The fraction of sp³-hybridized carbons (Fsp3) is 0.571. The Morgan fingerprint density at radius 1 is 1.24 bits per heavy atom. The summed E-state index contributed by atoms with van der Waals surface area (Å²) in [6, 6.07) is 6.24. The zero-order valence-corrected chi connectivity index (χ0v) is 13.9. The highest BCUT2D eigenvalue weighted by Gasteiger charge is 2.31. The van der Waals surface area contributed by atoms with Crippen LogP contribution in [0.3, 0.4) is 0 Å². The maximum Gasteiger partial charge on any atom is 0.240 e. The van der Waals surface area contributed by atoms with Gasteiger partial charge in [-0.2, -0.15) is 0 Å². The number of benzene rings is 1. The third-order valence-corrected chi connectivity index (χ3v) is 6.74. The average molecular weight is 331 g/mol. The van der Waals surface area contributed by atoms with Crippen molar-refractivity contribution in [3.8, 4) is 0 Å². The first kappa shape index (κ1) is 16.5. The molecular formula is C14H21NO4S2. The first-order chi connectivity index (χ1) is 9.68. The minimum atomic E-state index is -3.65. The average Bonchev–Trinajstić information content (AvgIpc) is 2.67. The summed E-state index contributed by atoms with van der Waals surface area (Å²) in [5.74, 6) is 0.444. The molecule has 0 radical (unpaired) electrons. The van der Waals surface area contributed by atoms with Gasteiger partial charge in [0.2, 0.25) is 10.0 Å². The van der Waals surface area contributed by atoms with E-state index in [4.69, 9.17) is 0 Å². The van der Waals surface area contributed by atoms with E-state index < -0.39 is 25.9 Å². The smallest absolute Gasteiger partial charge is 0.229 e. The molecule has 0 spiro atoms. The number of sulfonamides is 1. The maximum atomic E-state index is 12.2. The minimum Gasteiger partial charge on any atom is -0.229 e. The molecule has 1 unspecified atom stereocenters. The Balaban J connectivity index is 2.09. The second-order valence-corrected chi connectivity index (χ2v) is 9.91. The van der Waals surface area contributed by atoms with Crippen LogP contribution in [-0.4, -0.2) is 34.4 Å². The van der Waals surface area contributed by atoms with Gasteiger partial charge in [0.05, 0.1) is 16.4 Å². The standard InChI is InChI=1S/C14H21NO4S2/c1-11(2)9-12-3-5-14(6-4-12)21(18,19)15-13-7-8-20(16,17)10-13/h3-6,11,13,15H,7-10H2,1-2H3. The van der Waals surface area contributed by atoms with Gasteiger partial charge in [-0.3, -0.25) is 0 Å². The van der Waals surface area contributed by atoms with Crippen molar-refractivity contribution in [1.82, 2.24) is 4.72 Å². The molecule has 118 valence electrons. The molecule has 0 amide bonds. The zero-order valence-electron chi connectivity index (χ0n) is 12.2. The summed E-state index contributed by atoms with van der Waals surface area (Å²) in [6.45, 7) is 4.21. The third-order valence-electron chi connectivity index (χ3n) is 3.43. The molecule has 7 heteroatoms. The summed E-state index contributed by atoms with van der Waals surface area (Å²) in [7, 11) is -6.75. The lowest BCUT2D eigenvalue weighted by Crippen LogP contribution is -2.35. The largest absolute Gasteiger partial charge is 0.240 e. The lowest BCUT2D eigenvalue weighted by molar-refractivity contribution is 0.562.